The zero-order valence-corrected chi connectivity index (χ0v) is 25.7. The summed E-state index contributed by atoms with van der Waals surface area (Å²) in [5, 5.41) is 10.8. The fraction of sp³-hybridized carbons (Fsp3) is 0.306. The number of ether oxygens (including phenoxy) is 3. The van der Waals surface area contributed by atoms with Gasteiger partial charge in [-0.3, -0.25) is 14.9 Å². The molecular weight excluding hydrogens is 556 g/mol. The average molecular weight is 598 g/mol. The van der Waals surface area contributed by atoms with Crippen molar-refractivity contribution in [2.24, 2.45) is 0 Å². The highest BCUT2D eigenvalue weighted by Crippen LogP contribution is 2.41. The van der Waals surface area contributed by atoms with Gasteiger partial charge in [0.25, 0.3) is 5.69 Å². The van der Waals surface area contributed by atoms with Crippen LogP contribution in [0.15, 0.2) is 109 Å². The maximum absolute atomic E-state index is 12.2. The van der Waals surface area contributed by atoms with E-state index in [2.05, 4.69) is 50.5 Å². The molecule has 0 unspecified atom stereocenters. The number of benzene rings is 4. The highest BCUT2D eigenvalue weighted by Gasteiger charge is 2.38. The lowest BCUT2D eigenvalue weighted by molar-refractivity contribution is -0.891. The van der Waals surface area contributed by atoms with E-state index in [0.717, 1.165) is 52.9 Å². The number of hydrogen-bond acceptors (Lipinski definition) is 6. The van der Waals surface area contributed by atoms with E-state index >= 15 is 0 Å². The number of esters is 1. The molecule has 0 N–H and O–H groups in total. The lowest BCUT2D eigenvalue weighted by atomic mass is 9.80. The van der Waals surface area contributed by atoms with Crippen molar-refractivity contribution in [1.29, 1.82) is 0 Å². The molecule has 0 aliphatic rings. The van der Waals surface area contributed by atoms with Gasteiger partial charge in [0.15, 0.2) is 0 Å². The Morgan fingerprint density at radius 3 is 1.82 bits per heavy atom. The standard InChI is InChI=1S/C36H41N2O6/c1-38(2,26-12-6-11-17-35(39)44-34-24-20-32(21-25-34)37(40)41)27-28-43-36(29-13-7-4-8-14-29,30-15-9-5-10-16-30)31-18-22-33(42-3)23-19-31/h4-5,7-10,13-16,18-25H,6,11-12,17,26-28H2,1-3H3/q+1. The Labute approximate surface area is 259 Å². The lowest BCUT2D eigenvalue weighted by Gasteiger charge is -2.37. The Morgan fingerprint density at radius 1 is 0.727 bits per heavy atom. The summed E-state index contributed by atoms with van der Waals surface area (Å²) in [6.45, 7) is 2.27. The number of nitrogens with zero attached hydrogens (tertiary/aromatic N) is 2. The summed E-state index contributed by atoms with van der Waals surface area (Å²) in [5.74, 6) is 0.772. The number of carbonyl (C=O) groups is 1. The lowest BCUT2D eigenvalue weighted by Crippen LogP contribution is -2.45. The van der Waals surface area contributed by atoms with Crippen LogP contribution >= 0.6 is 0 Å². The summed E-state index contributed by atoms with van der Waals surface area (Å²) >= 11 is 0. The molecule has 0 saturated carbocycles. The van der Waals surface area contributed by atoms with Gasteiger partial charge >= 0.3 is 5.97 Å². The Kier molecular flexibility index (Phi) is 11.2. The predicted octanol–water partition coefficient (Wildman–Crippen LogP) is 7.15. The first-order valence-corrected chi connectivity index (χ1v) is 14.9. The van der Waals surface area contributed by atoms with Crippen molar-refractivity contribution in [3.63, 3.8) is 0 Å². The zero-order chi connectivity index (χ0) is 31.4. The molecule has 230 valence electrons. The van der Waals surface area contributed by atoms with Crippen molar-refractivity contribution in [2.45, 2.75) is 31.3 Å². The fourth-order valence-electron chi connectivity index (χ4n) is 5.28. The van der Waals surface area contributed by atoms with Gasteiger partial charge in [-0.1, -0.05) is 72.8 Å². The minimum Gasteiger partial charge on any atom is -0.497 e. The minimum absolute atomic E-state index is 0.0394. The number of nitro benzene ring substituents is 1. The summed E-state index contributed by atoms with van der Waals surface area (Å²) < 4.78 is 18.5. The maximum Gasteiger partial charge on any atom is 0.311 e. The molecule has 0 fully saturated rings. The molecule has 4 aromatic carbocycles. The number of hydrogen-bond donors (Lipinski definition) is 0. The van der Waals surface area contributed by atoms with E-state index in [9.17, 15) is 14.9 Å². The molecule has 4 rings (SSSR count). The first-order valence-electron chi connectivity index (χ1n) is 14.9. The number of methoxy groups -OCH3 is 1. The summed E-state index contributed by atoms with van der Waals surface area (Å²) in [4.78, 5) is 22.5. The van der Waals surface area contributed by atoms with E-state index in [-0.39, 0.29) is 11.7 Å². The van der Waals surface area contributed by atoms with Gasteiger partial charge in [-0.2, -0.15) is 0 Å². The average Bonchev–Trinajstić information content (AvgIpc) is 3.04. The molecule has 8 nitrogen and oxygen atoms in total. The maximum atomic E-state index is 12.2. The molecule has 8 heteroatoms. The monoisotopic (exact) mass is 597 g/mol. The van der Waals surface area contributed by atoms with Gasteiger partial charge in [0.1, 0.15) is 23.6 Å². The third-order valence-corrected chi connectivity index (χ3v) is 7.80. The van der Waals surface area contributed by atoms with Crippen LogP contribution in [0, 0.1) is 10.1 Å². The van der Waals surface area contributed by atoms with E-state index in [0.29, 0.717) is 25.2 Å². The molecule has 0 bridgehead atoms. The first kappa shape index (κ1) is 32.4. The van der Waals surface area contributed by atoms with Gasteiger partial charge in [0.2, 0.25) is 0 Å². The van der Waals surface area contributed by atoms with E-state index in [1.807, 2.05) is 48.5 Å². The van der Waals surface area contributed by atoms with Gasteiger partial charge in [-0.05, 0) is 60.2 Å². The van der Waals surface area contributed by atoms with Crippen LogP contribution < -0.4 is 9.47 Å². The second-order valence-electron chi connectivity index (χ2n) is 11.4. The van der Waals surface area contributed by atoms with Crippen molar-refractivity contribution < 1.29 is 28.4 Å². The Bertz CT molecular complexity index is 1430. The van der Waals surface area contributed by atoms with Gasteiger partial charge in [-0.25, -0.2) is 0 Å². The van der Waals surface area contributed by atoms with Crippen LogP contribution in [-0.4, -0.2) is 56.3 Å². The predicted molar refractivity (Wildman–Crippen MR) is 171 cm³/mol. The van der Waals surface area contributed by atoms with Crippen LogP contribution in [0.25, 0.3) is 0 Å². The number of quaternary nitrogens is 1. The van der Waals surface area contributed by atoms with Crippen molar-refractivity contribution in [2.75, 3.05) is 40.9 Å². The number of carbonyl (C=O) groups excluding carboxylic acids is 1. The molecule has 0 aliphatic heterocycles. The number of non-ortho nitro benzene ring substituents is 1. The molecule has 0 aromatic heterocycles. The highest BCUT2D eigenvalue weighted by atomic mass is 16.6. The molecule has 0 amide bonds. The summed E-state index contributed by atoms with van der Waals surface area (Å²) in [6, 6.07) is 34.3. The smallest absolute Gasteiger partial charge is 0.311 e. The van der Waals surface area contributed by atoms with Crippen molar-refractivity contribution in [1.82, 2.24) is 0 Å². The molecule has 0 spiro atoms. The second-order valence-corrected chi connectivity index (χ2v) is 11.4. The number of rotatable bonds is 16. The SMILES string of the molecule is COc1ccc(C(OCC[N+](C)(C)CCCCCC(=O)Oc2ccc([N+](=O)[O-])cc2)(c2ccccc2)c2ccccc2)cc1. The summed E-state index contributed by atoms with van der Waals surface area (Å²) in [6.07, 6.45) is 2.86. The van der Waals surface area contributed by atoms with E-state index in [4.69, 9.17) is 14.2 Å². The molecule has 0 radical (unpaired) electrons. The van der Waals surface area contributed by atoms with Crippen LogP contribution in [-0.2, 0) is 15.1 Å². The minimum atomic E-state index is -0.793. The van der Waals surface area contributed by atoms with E-state index in [1.54, 1.807) is 7.11 Å². The molecule has 0 saturated heterocycles. The Morgan fingerprint density at radius 2 is 1.27 bits per heavy atom. The molecule has 4 aromatic rings. The summed E-state index contributed by atoms with van der Waals surface area (Å²) in [7, 11) is 6.07. The van der Waals surface area contributed by atoms with Crippen LogP contribution in [0.5, 0.6) is 11.5 Å². The number of likely N-dealkylation sites (N-methyl/N-ethyl adjacent to an activating group) is 1. The number of unbranched alkanes of at least 4 members (excludes halogenated alkanes) is 2. The first-order chi connectivity index (χ1) is 21.2. The quantitative estimate of drug-likeness (QED) is 0.0259. The molecule has 0 atom stereocenters. The number of nitro groups is 1. The largest absolute Gasteiger partial charge is 0.497 e. The summed E-state index contributed by atoms with van der Waals surface area (Å²) in [5.41, 5.74) is 2.31. The van der Waals surface area contributed by atoms with Gasteiger partial charge in [0, 0.05) is 18.6 Å². The van der Waals surface area contributed by atoms with E-state index in [1.165, 1.54) is 24.3 Å². The van der Waals surface area contributed by atoms with Crippen molar-refractivity contribution in [3.05, 3.63) is 136 Å². The van der Waals surface area contributed by atoms with Crippen LogP contribution in [0.4, 0.5) is 5.69 Å². The fourth-order valence-corrected chi connectivity index (χ4v) is 5.28. The van der Waals surface area contributed by atoms with E-state index < -0.39 is 10.5 Å². The third kappa shape index (κ3) is 8.52. The molecule has 44 heavy (non-hydrogen) atoms. The van der Waals surface area contributed by atoms with Crippen LogP contribution in [0.2, 0.25) is 0 Å². The molecule has 0 heterocycles. The second kappa shape index (κ2) is 15.3. The normalized spacial score (nSPS) is 11.6. The zero-order valence-electron chi connectivity index (χ0n) is 25.7. The van der Waals surface area contributed by atoms with Crippen molar-refractivity contribution in [3.8, 4) is 11.5 Å². The van der Waals surface area contributed by atoms with Gasteiger partial charge < -0.3 is 18.7 Å². The van der Waals surface area contributed by atoms with Gasteiger partial charge in [-0.15, -0.1) is 0 Å². The third-order valence-electron chi connectivity index (χ3n) is 7.80. The Balaban J connectivity index is 1.35. The molecule has 0 aliphatic carbocycles. The molecular formula is C36H41N2O6+. The highest BCUT2D eigenvalue weighted by molar-refractivity contribution is 5.72. The van der Waals surface area contributed by atoms with Crippen LogP contribution in [0.3, 0.4) is 0 Å². The Hall–Kier alpha value is -4.53. The van der Waals surface area contributed by atoms with Gasteiger partial charge in [0.05, 0.1) is 39.3 Å². The topological polar surface area (TPSA) is 87.9 Å². The van der Waals surface area contributed by atoms with Crippen LogP contribution in [0.1, 0.15) is 42.4 Å². The van der Waals surface area contributed by atoms with Crippen molar-refractivity contribution >= 4 is 11.7 Å².